The standard InChI is InChI=1S/C13H8Cl2N2/c14-10-6-12(15)13(17-8-10)11(7-16)9-4-2-1-3-5-9/h1-6,8,11H. The minimum Gasteiger partial charge on any atom is -0.256 e. The third-order valence-corrected chi connectivity index (χ3v) is 2.88. The van der Waals surface area contributed by atoms with Crippen molar-refractivity contribution < 1.29 is 0 Å². The van der Waals surface area contributed by atoms with Gasteiger partial charge in [0, 0.05) is 6.20 Å². The van der Waals surface area contributed by atoms with E-state index in [2.05, 4.69) is 11.1 Å². The molecule has 0 spiro atoms. The van der Waals surface area contributed by atoms with Crippen molar-refractivity contribution in [3.63, 3.8) is 0 Å². The van der Waals surface area contributed by atoms with Crippen LogP contribution in [-0.2, 0) is 0 Å². The second-order valence-corrected chi connectivity index (χ2v) is 4.34. The van der Waals surface area contributed by atoms with Crippen molar-refractivity contribution in [1.29, 1.82) is 5.26 Å². The number of hydrogen-bond donors (Lipinski definition) is 0. The van der Waals surface area contributed by atoms with E-state index < -0.39 is 5.92 Å². The fraction of sp³-hybridized carbons (Fsp3) is 0.0769. The molecule has 84 valence electrons. The number of pyridine rings is 1. The zero-order valence-corrected chi connectivity index (χ0v) is 10.3. The highest BCUT2D eigenvalue weighted by Gasteiger charge is 2.17. The molecule has 0 bridgehead atoms. The van der Waals surface area contributed by atoms with Gasteiger partial charge in [0.2, 0.25) is 0 Å². The maximum atomic E-state index is 9.25. The highest BCUT2D eigenvalue weighted by atomic mass is 35.5. The Bertz CT molecular complexity index is 561. The van der Waals surface area contributed by atoms with Gasteiger partial charge in [-0.1, -0.05) is 53.5 Å². The number of nitrogens with zero attached hydrogens (tertiary/aromatic N) is 2. The van der Waals surface area contributed by atoms with Gasteiger partial charge in [-0.15, -0.1) is 0 Å². The Balaban J connectivity index is 2.47. The van der Waals surface area contributed by atoms with Gasteiger partial charge in [-0.3, -0.25) is 4.98 Å². The summed E-state index contributed by atoms with van der Waals surface area (Å²) in [4.78, 5) is 4.14. The molecule has 0 radical (unpaired) electrons. The van der Waals surface area contributed by atoms with Crippen LogP contribution in [0.15, 0.2) is 42.6 Å². The third kappa shape index (κ3) is 2.58. The van der Waals surface area contributed by atoms with E-state index in [0.717, 1.165) is 5.56 Å². The van der Waals surface area contributed by atoms with Crippen LogP contribution in [0.1, 0.15) is 17.2 Å². The van der Waals surface area contributed by atoms with Crippen LogP contribution >= 0.6 is 23.2 Å². The molecule has 1 heterocycles. The van der Waals surface area contributed by atoms with Crippen LogP contribution in [-0.4, -0.2) is 4.98 Å². The van der Waals surface area contributed by atoms with Crippen LogP contribution in [0.3, 0.4) is 0 Å². The summed E-state index contributed by atoms with van der Waals surface area (Å²) in [6.07, 6.45) is 1.50. The minimum atomic E-state index is -0.471. The van der Waals surface area contributed by atoms with Gasteiger partial charge in [-0.05, 0) is 11.6 Å². The molecular weight excluding hydrogens is 255 g/mol. The van der Waals surface area contributed by atoms with E-state index in [-0.39, 0.29) is 0 Å². The van der Waals surface area contributed by atoms with E-state index in [4.69, 9.17) is 23.2 Å². The largest absolute Gasteiger partial charge is 0.256 e. The van der Waals surface area contributed by atoms with Gasteiger partial charge in [0.15, 0.2) is 0 Å². The van der Waals surface area contributed by atoms with Crippen LogP contribution in [0.2, 0.25) is 10.0 Å². The molecule has 0 amide bonds. The number of hydrogen-bond acceptors (Lipinski definition) is 2. The van der Waals surface area contributed by atoms with Crippen LogP contribution < -0.4 is 0 Å². The predicted octanol–water partition coefficient (Wildman–Crippen LogP) is 4.04. The molecule has 1 aromatic carbocycles. The summed E-state index contributed by atoms with van der Waals surface area (Å²) >= 11 is 11.8. The van der Waals surface area contributed by atoms with Crippen molar-refractivity contribution in [1.82, 2.24) is 4.98 Å². The van der Waals surface area contributed by atoms with Gasteiger partial charge in [0.05, 0.1) is 21.8 Å². The molecule has 1 unspecified atom stereocenters. The number of benzene rings is 1. The quantitative estimate of drug-likeness (QED) is 0.819. The van der Waals surface area contributed by atoms with Gasteiger partial charge in [-0.25, -0.2) is 0 Å². The maximum Gasteiger partial charge on any atom is 0.115 e. The fourth-order valence-corrected chi connectivity index (χ4v) is 2.07. The Labute approximate surface area is 109 Å². The van der Waals surface area contributed by atoms with Gasteiger partial charge >= 0.3 is 0 Å². The summed E-state index contributed by atoms with van der Waals surface area (Å²) in [5.74, 6) is -0.471. The van der Waals surface area contributed by atoms with Crippen LogP contribution in [0.5, 0.6) is 0 Å². The molecule has 0 aliphatic heterocycles. The molecule has 0 aliphatic rings. The molecule has 0 aliphatic carbocycles. The van der Waals surface area contributed by atoms with Gasteiger partial charge in [-0.2, -0.15) is 5.26 Å². The lowest BCUT2D eigenvalue weighted by molar-refractivity contribution is 0.966. The highest BCUT2D eigenvalue weighted by Crippen LogP contribution is 2.29. The molecule has 2 rings (SSSR count). The average molecular weight is 263 g/mol. The highest BCUT2D eigenvalue weighted by molar-refractivity contribution is 6.34. The van der Waals surface area contributed by atoms with Crippen LogP contribution in [0, 0.1) is 11.3 Å². The van der Waals surface area contributed by atoms with E-state index in [1.807, 2.05) is 30.3 Å². The first-order chi connectivity index (χ1) is 8.22. The lowest BCUT2D eigenvalue weighted by Crippen LogP contribution is -2.01. The summed E-state index contributed by atoms with van der Waals surface area (Å²) < 4.78 is 0. The van der Waals surface area contributed by atoms with Crippen molar-refractivity contribution in [2.75, 3.05) is 0 Å². The van der Waals surface area contributed by atoms with Crippen molar-refractivity contribution >= 4 is 23.2 Å². The molecule has 4 heteroatoms. The third-order valence-electron chi connectivity index (χ3n) is 2.37. The van der Waals surface area contributed by atoms with Crippen LogP contribution in [0.25, 0.3) is 0 Å². The second-order valence-electron chi connectivity index (χ2n) is 3.49. The van der Waals surface area contributed by atoms with Crippen molar-refractivity contribution in [3.8, 4) is 6.07 Å². The number of halogens is 2. The normalized spacial score (nSPS) is 11.8. The molecule has 1 aromatic heterocycles. The molecule has 0 saturated carbocycles. The molecule has 1 atom stereocenters. The van der Waals surface area contributed by atoms with E-state index in [1.165, 1.54) is 6.20 Å². The first-order valence-electron chi connectivity index (χ1n) is 4.98. The molecule has 2 nitrogen and oxygen atoms in total. The molecule has 0 N–H and O–H groups in total. The number of aromatic nitrogens is 1. The summed E-state index contributed by atoms with van der Waals surface area (Å²) in [7, 11) is 0. The fourth-order valence-electron chi connectivity index (χ4n) is 1.58. The monoisotopic (exact) mass is 262 g/mol. The van der Waals surface area contributed by atoms with Gasteiger partial charge in [0.25, 0.3) is 0 Å². The molecule has 17 heavy (non-hydrogen) atoms. The Kier molecular flexibility index (Phi) is 3.63. The Hall–Kier alpha value is -1.56. The Morgan fingerprint density at radius 3 is 2.47 bits per heavy atom. The lowest BCUT2D eigenvalue weighted by Gasteiger charge is -2.10. The van der Waals surface area contributed by atoms with Gasteiger partial charge in [0.1, 0.15) is 5.92 Å². The van der Waals surface area contributed by atoms with Crippen LogP contribution in [0.4, 0.5) is 0 Å². The second kappa shape index (κ2) is 5.18. The zero-order valence-electron chi connectivity index (χ0n) is 8.77. The van der Waals surface area contributed by atoms with Crippen molar-refractivity contribution in [3.05, 3.63) is 63.9 Å². The molecule has 0 saturated heterocycles. The van der Waals surface area contributed by atoms with E-state index in [9.17, 15) is 5.26 Å². The first kappa shape index (κ1) is 11.9. The number of rotatable bonds is 2. The van der Waals surface area contributed by atoms with E-state index in [0.29, 0.717) is 15.7 Å². The smallest absolute Gasteiger partial charge is 0.115 e. The Morgan fingerprint density at radius 1 is 1.18 bits per heavy atom. The van der Waals surface area contributed by atoms with Crippen molar-refractivity contribution in [2.45, 2.75) is 5.92 Å². The maximum absolute atomic E-state index is 9.25. The summed E-state index contributed by atoms with van der Waals surface area (Å²) in [5.41, 5.74) is 1.40. The van der Waals surface area contributed by atoms with E-state index >= 15 is 0 Å². The molecule has 2 aromatic rings. The Morgan fingerprint density at radius 2 is 1.88 bits per heavy atom. The van der Waals surface area contributed by atoms with E-state index in [1.54, 1.807) is 6.07 Å². The topological polar surface area (TPSA) is 36.7 Å². The molecular formula is C13H8Cl2N2. The lowest BCUT2D eigenvalue weighted by atomic mass is 9.97. The summed E-state index contributed by atoms with van der Waals surface area (Å²) in [6, 6.07) is 13.2. The molecule has 0 fully saturated rings. The zero-order chi connectivity index (χ0) is 12.3. The van der Waals surface area contributed by atoms with Crippen molar-refractivity contribution in [2.24, 2.45) is 0 Å². The number of nitriles is 1. The van der Waals surface area contributed by atoms with Gasteiger partial charge < -0.3 is 0 Å². The SMILES string of the molecule is N#CC(c1ccccc1)c1ncc(Cl)cc1Cl. The summed E-state index contributed by atoms with van der Waals surface area (Å²) in [6.45, 7) is 0. The average Bonchev–Trinajstić information content (AvgIpc) is 2.34. The summed E-state index contributed by atoms with van der Waals surface area (Å²) in [5, 5.41) is 10.1. The predicted molar refractivity (Wildman–Crippen MR) is 68.2 cm³/mol. The first-order valence-corrected chi connectivity index (χ1v) is 5.73. The minimum absolute atomic E-state index is 0.410.